The van der Waals surface area contributed by atoms with Crippen molar-refractivity contribution in [1.29, 1.82) is 0 Å². The number of hydrogen-bond acceptors (Lipinski definition) is 2. The number of nitrogens with zero attached hydrogens (tertiary/aromatic N) is 3. The smallest absolute Gasteiger partial charge is 0.126 e. The quantitative estimate of drug-likeness (QED) is 0.457. The van der Waals surface area contributed by atoms with Crippen molar-refractivity contribution < 1.29 is 5.11 Å². The Bertz CT molecular complexity index is 583. The number of phenols is 1. The highest BCUT2D eigenvalue weighted by Gasteiger charge is 2.24. The zero-order chi connectivity index (χ0) is 16.3. The second-order valence-corrected chi connectivity index (χ2v) is 7.28. The maximum Gasteiger partial charge on any atom is 0.126 e. The molecule has 0 aliphatic heterocycles. The van der Waals surface area contributed by atoms with E-state index in [-0.39, 0.29) is 17.4 Å². The Balaban J connectivity index is 3.42. The molecule has 0 saturated carbocycles. The fourth-order valence-corrected chi connectivity index (χ4v) is 2.05. The summed E-state index contributed by atoms with van der Waals surface area (Å²) in [6.45, 7) is 13.0. The van der Waals surface area contributed by atoms with Crippen molar-refractivity contribution in [2.45, 2.75) is 52.4 Å². The molecule has 0 amide bonds. The predicted octanol–water partition coefficient (Wildman–Crippen LogP) is 5.31. The third-order valence-corrected chi connectivity index (χ3v) is 3.36. The van der Waals surface area contributed by atoms with Crippen molar-refractivity contribution in [2.75, 3.05) is 6.54 Å². The molecular weight excluding hydrogens is 262 g/mol. The highest BCUT2D eigenvalue weighted by atomic mass is 16.3. The number of phenolic OH excluding ortho intramolecular Hbond substituents is 1. The predicted molar refractivity (Wildman–Crippen MR) is 88.6 cm³/mol. The van der Waals surface area contributed by atoms with Gasteiger partial charge in [0.25, 0.3) is 0 Å². The van der Waals surface area contributed by atoms with Gasteiger partial charge in [0.05, 0.1) is 0 Å². The molecule has 0 heterocycles. The van der Waals surface area contributed by atoms with E-state index >= 15 is 0 Å². The van der Waals surface area contributed by atoms with Gasteiger partial charge in [-0.1, -0.05) is 64.9 Å². The molecule has 1 aromatic carbocycles. The molecule has 0 radical (unpaired) electrons. The molecule has 1 rings (SSSR count). The van der Waals surface area contributed by atoms with Gasteiger partial charge in [-0.2, -0.15) is 0 Å². The Hall–Kier alpha value is -1.93. The Morgan fingerprint density at radius 1 is 1.14 bits per heavy atom. The largest absolute Gasteiger partial charge is 0.507 e. The van der Waals surface area contributed by atoms with Crippen LogP contribution in [0.5, 0.6) is 5.75 Å². The van der Waals surface area contributed by atoms with Gasteiger partial charge in [0.1, 0.15) is 5.75 Å². The molecule has 0 bridgehead atoms. The third kappa shape index (κ3) is 4.54. The molecule has 114 valence electrons. The summed E-state index contributed by atoms with van der Waals surface area (Å²) in [5.74, 6) is 0.299. The maximum atomic E-state index is 10.5. The van der Waals surface area contributed by atoms with Crippen LogP contribution in [0, 0.1) is 0 Å². The van der Waals surface area contributed by atoms with Crippen LogP contribution in [0.15, 0.2) is 23.3 Å². The van der Waals surface area contributed by atoms with E-state index < -0.39 is 0 Å². The van der Waals surface area contributed by atoms with E-state index in [1.54, 1.807) is 6.08 Å². The first-order valence-corrected chi connectivity index (χ1v) is 7.12. The zero-order valence-electron chi connectivity index (χ0n) is 13.8. The van der Waals surface area contributed by atoms with Gasteiger partial charge in [0.2, 0.25) is 0 Å². The lowest BCUT2D eigenvalue weighted by atomic mass is 9.79. The molecule has 4 nitrogen and oxygen atoms in total. The van der Waals surface area contributed by atoms with Gasteiger partial charge in [-0.05, 0) is 28.0 Å². The lowest BCUT2D eigenvalue weighted by Crippen LogP contribution is -2.17. The van der Waals surface area contributed by atoms with Gasteiger partial charge in [-0.15, -0.1) is 0 Å². The van der Waals surface area contributed by atoms with Crippen molar-refractivity contribution in [3.63, 3.8) is 0 Å². The number of rotatable bonds is 3. The second-order valence-electron chi connectivity index (χ2n) is 7.28. The van der Waals surface area contributed by atoms with Gasteiger partial charge >= 0.3 is 0 Å². The van der Waals surface area contributed by atoms with Crippen molar-refractivity contribution in [2.24, 2.45) is 5.11 Å². The zero-order valence-corrected chi connectivity index (χ0v) is 13.8. The number of benzene rings is 1. The number of hydrogen-bond donors (Lipinski definition) is 1. The van der Waals surface area contributed by atoms with Crippen LogP contribution in [-0.2, 0) is 10.8 Å². The minimum atomic E-state index is -0.140. The van der Waals surface area contributed by atoms with E-state index in [4.69, 9.17) is 5.53 Å². The molecule has 0 unspecified atom stereocenters. The molecule has 4 heteroatoms. The first-order valence-electron chi connectivity index (χ1n) is 7.12. The highest BCUT2D eigenvalue weighted by molar-refractivity contribution is 5.62. The molecule has 0 spiro atoms. The van der Waals surface area contributed by atoms with Crippen LogP contribution in [0.25, 0.3) is 16.5 Å². The molecule has 0 saturated heterocycles. The lowest BCUT2D eigenvalue weighted by molar-refractivity contribution is 0.443. The molecule has 0 atom stereocenters. The summed E-state index contributed by atoms with van der Waals surface area (Å²) in [6, 6.07) is 4.08. The Morgan fingerprint density at radius 2 is 1.76 bits per heavy atom. The summed E-state index contributed by atoms with van der Waals surface area (Å²) in [4.78, 5) is 2.71. The summed E-state index contributed by atoms with van der Waals surface area (Å²) in [6.07, 6.45) is 3.57. The number of aromatic hydroxyl groups is 1. The van der Waals surface area contributed by atoms with E-state index in [2.05, 4.69) is 57.6 Å². The maximum absolute atomic E-state index is 10.5. The molecule has 0 aromatic heterocycles. The summed E-state index contributed by atoms with van der Waals surface area (Å²) >= 11 is 0. The van der Waals surface area contributed by atoms with E-state index in [0.29, 0.717) is 5.75 Å². The molecule has 21 heavy (non-hydrogen) atoms. The Morgan fingerprint density at radius 3 is 2.24 bits per heavy atom. The van der Waals surface area contributed by atoms with Crippen molar-refractivity contribution >= 4 is 6.08 Å². The first-order chi connectivity index (χ1) is 9.57. The minimum Gasteiger partial charge on any atom is -0.507 e. The molecule has 0 fully saturated rings. The molecule has 1 N–H and O–H groups in total. The SMILES string of the molecule is CC(C)(C)c1cc(C=CCN=[N+]=[N-])c(O)c(C(C)(C)C)c1. The molecule has 0 aliphatic rings. The average molecular weight is 287 g/mol. The van der Waals surface area contributed by atoms with E-state index in [1.165, 1.54) is 5.56 Å². The standard InChI is InChI=1S/C17H25N3O/c1-16(2,3)13-10-12(8-7-9-19-20-18)15(21)14(11-13)17(4,5)6/h7-8,10-11,21H,9H2,1-6H3. The fourth-order valence-electron chi connectivity index (χ4n) is 2.05. The van der Waals surface area contributed by atoms with Crippen LogP contribution >= 0.6 is 0 Å². The van der Waals surface area contributed by atoms with Crippen molar-refractivity contribution in [3.8, 4) is 5.75 Å². The van der Waals surface area contributed by atoms with Crippen molar-refractivity contribution in [3.05, 3.63) is 45.3 Å². The third-order valence-electron chi connectivity index (χ3n) is 3.36. The average Bonchev–Trinajstić information content (AvgIpc) is 2.33. The van der Waals surface area contributed by atoms with Gasteiger partial charge in [-0.3, -0.25) is 0 Å². The van der Waals surface area contributed by atoms with Crippen LogP contribution in [0.2, 0.25) is 0 Å². The Kier molecular flexibility index (Phi) is 5.08. The van der Waals surface area contributed by atoms with Gasteiger partial charge in [0, 0.05) is 22.6 Å². The summed E-state index contributed by atoms with van der Waals surface area (Å²) < 4.78 is 0. The highest BCUT2D eigenvalue weighted by Crippen LogP contribution is 2.38. The Labute approximate surface area is 127 Å². The number of azide groups is 1. The van der Waals surface area contributed by atoms with Crippen LogP contribution < -0.4 is 0 Å². The summed E-state index contributed by atoms with van der Waals surface area (Å²) in [5.41, 5.74) is 11.0. The van der Waals surface area contributed by atoms with E-state index in [0.717, 1.165) is 11.1 Å². The van der Waals surface area contributed by atoms with E-state index in [1.807, 2.05) is 12.1 Å². The first kappa shape index (κ1) is 17.1. The lowest BCUT2D eigenvalue weighted by Gasteiger charge is -2.27. The van der Waals surface area contributed by atoms with Crippen LogP contribution in [-0.4, -0.2) is 11.7 Å². The second kappa shape index (κ2) is 6.23. The minimum absolute atomic E-state index is 0.00109. The van der Waals surface area contributed by atoms with Crippen LogP contribution in [0.4, 0.5) is 0 Å². The van der Waals surface area contributed by atoms with E-state index in [9.17, 15) is 5.11 Å². The monoisotopic (exact) mass is 287 g/mol. The van der Waals surface area contributed by atoms with Crippen molar-refractivity contribution in [1.82, 2.24) is 0 Å². The van der Waals surface area contributed by atoms with Crippen LogP contribution in [0.1, 0.15) is 58.2 Å². The van der Waals surface area contributed by atoms with Crippen LogP contribution in [0.3, 0.4) is 0 Å². The molecule has 0 aliphatic carbocycles. The normalized spacial score (nSPS) is 12.5. The van der Waals surface area contributed by atoms with Gasteiger partial charge < -0.3 is 5.11 Å². The van der Waals surface area contributed by atoms with Gasteiger partial charge in [-0.25, -0.2) is 0 Å². The fraction of sp³-hybridized carbons (Fsp3) is 0.529. The van der Waals surface area contributed by atoms with Gasteiger partial charge in [0.15, 0.2) is 0 Å². The molecular formula is C17H25N3O. The topological polar surface area (TPSA) is 69.0 Å². The summed E-state index contributed by atoms with van der Waals surface area (Å²) in [5, 5.41) is 14.0. The molecule has 1 aromatic rings. The summed E-state index contributed by atoms with van der Waals surface area (Å²) in [7, 11) is 0.